The van der Waals surface area contributed by atoms with Gasteiger partial charge >= 0.3 is 0 Å². The zero-order valence-corrected chi connectivity index (χ0v) is 10.9. The van der Waals surface area contributed by atoms with Crippen molar-refractivity contribution >= 4 is 0 Å². The van der Waals surface area contributed by atoms with Gasteiger partial charge < -0.3 is 15.3 Å². The Hall–Kier alpha value is -0.980. The van der Waals surface area contributed by atoms with Gasteiger partial charge in [-0.3, -0.25) is 0 Å². The zero-order chi connectivity index (χ0) is 12.7. The minimum atomic E-state index is 0.0927. The highest BCUT2D eigenvalue weighted by Crippen LogP contribution is 1.97. The highest BCUT2D eigenvalue weighted by molar-refractivity contribution is 4.91. The first-order valence-corrected chi connectivity index (χ1v) is 5.99. The van der Waals surface area contributed by atoms with E-state index in [0.29, 0.717) is 12.6 Å². The molecule has 1 aromatic heterocycles. The molecule has 0 fully saturated rings. The van der Waals surface area contributed by atoms with Crippen LogP contribution in [0.4, 0.5) is 0 Å². The van der Waals surface area contributed by atoms with E-state index in [-0.39, 0.29) is 6.61 Å². The summed E-state index contributed by atoms with van der Waals surface area (Å²) in [6.45, 7) is 4.56. The second-order valence-electron chi connectivity index (χ2n) is 4.57. The van der Waals surface area contributed by atoms with E-state index in [1.54, 1.807) is 4.68 Å². The maximum atomic E-state index is 8.76. The number of aliphatic hydroxyl groups is 1. The molecule has 0 amide bonds. The molecule has 0 aromatic carbocycles. The summed E-state index contributed by atoms with van der Waals surface area (Å²) in [5.74, 6) is 0. The third kappa shape index (κ3) is 5.76. The van der Waals surface area contributed by atoms with Crippen LogP contribution in [-0.4, -0.2) is 58.3 Å². The molecule has 1 heterocycles. The van der Waals surface area contributed by atoms with Crippen LogP contribution in [0.15, 0.2) is 6.20 Å². The Labute approximate surface area is 103 Å². The summed E-state index contributed by atoms with van der Waals surface area (Å²) in [5, 5.41) is 20.1. The summed E-state index contributed by atoms with van der Waals surface area (Å²) in [6.07, 6.45) is 2.97. The van der Waals surface area contributed by atoms with Crippen molar-refractivity contribution in [2.24, 2.45) is 0 Å². The molecule has 0 aliphatic carbocycles. The second-order valence-corrected chi connectivity index (χ2v) is 4.57. The topological polar surface area (TPSA) is 66.2 Å². The number of aliphatic hydroxyl groups excluding tert-OH is 1. The molecule has 0 radical (unpaired) electrons. The minimum absolute atomic E-state index is 0.0927. The van der Waals surface area contributed by atoms with Crippen molar-refractivity contribution in [3.05, 3.63) is 11.9 Å². The number of aromatic nitrogens is 3. The summed E-state index contributed by atoms with van der Waals surface area (Å²) < 4.78 is 1.65. The van der Waals surface area contributed by atoms with Gasteiger partial charge in [-0.2, -0.15) is 0 Å². The summed E-state index contributed by atoms with van der Waals surface area (Å²) in [5.41, 5.74) is 0.912. The molecule has 1 aromatic rings. The van der Waals surface area contributed by atoms with E-state index in [0.717, 1.165) is 25.2 Å². The van der Waals surface area contributed by atoms with E-state index in [9.17, 15) is 0 Å². The molecule has 17 heavy (non-hydrogen) atoms. The van der Waals surface area contributed by atoms with E-state index in [4.69, 9.17) is 5.11 Å². The maximum absolute atomic E-state index is 8.76. The Bertz CT molecular complexity index is 313. The Kier molecular flexibility index (Phi) is 6.10. The zero-order valence-electron chi connectivity index (χ0n) is 10.9. The van der Waals surface area contributed by atoms with Crippen LogP contribution >= 0.6 is 0 Å². The highest BCUT2D eigenvalue weighted by Gasteiger charge is 2.04. The largest absolute Gasteiger partial charge is 0.394 e. The molecule has 6 nitrogen and oxygen atoms in total. The SMILES string of the molecule is CC(CCN(C)C)NCc1cn(CCO)nn1. The Balaban J connectivity index is 2.24. The van der Waals surface area contributed by atoms with E-state index in [1.165, 1.54) is 0 Å². The Morgan fingerprint density at radius 2 is 2.29 bits per heavy atom. The van der Waals surface area contributed by atoms with Gasteiger partial charge in [0.1, 0.15) is 0 Å². The van der Waals surface area contributed by atoms with Crippen molar-refractivity contribution < 1.29 is 5.11 Å². The van der Waals surface area contributed by atoms with Gasteiger partial charge in [0.25, 0.3) is 0 Å². The minimum Gasteiger partial charge on any atom is -0.394 e. The third-order valence-corrected chi connectivity index (χ3v) is 2.56. The number of hydrogen-bond donors (Lipinski definition) is 2. The van der Waals surface area contributed by atoms with Crippen LogP contribution in [0.3, 0.4) is 0 Å². The first-order valence-electron chi connectivity index (χ1n) is 5.99. The van der Waals surface area contributed by atoms with Crippen molar-refractivity contribution in [3.8, 4) is 0 Å². The van der Waals surface area contributed by atoms with Gasteiger partial charge in [-0.25, -0.2) is 4.68 Å². The first-order chi connectivity index (χ1) is 8.11. The van der Waals surface area contributed by atoms with Gasteiger partial charge in [0.2, 0.25) is 0 Å². The van der Waals surface area contributed by atoms with Crippen LogP contribution in [0.5, 0.6) is 0 Å². The molecule has 1 rings (SSSR count). The predicted octanol–water partition coefficient (Wildman–Crippen LogP) is -0.300. The average molecular weight is 241 g/mol. The summed E-state index contributed by atoms with van der Waals surface area (Å²) in [4.78, 5) is 2.18. The Morgan fingerprint density at radius 1 is 1.53 bits per heavy atom. The van der Waals surface area contributed by atoms with E-state index in [1.807, 2.05) is 6.20 Å². The molecule has 0 aliphatic rings. The molecule has 0 saturated heterocycles. The smallest absolute Gasteiger partial charge is 0.0964 e. The molecule has 98 valence electrons. The van der Waals surface area contributed by atoms with Crippen LogP contribution in [0.2, 0.25) is 0 Å². The molecule has 0 bridgehead atoms. The summed E-state index contributed by atoms with van der Waals surface area (Å²) in [6, 6.07) is 0.459. The van der Waals surface area contributed by atoms with Gasteiger partial charge in [-0.05, 0) is 34.0 Å². The molecular weight excluding hydrogens is 218 g/mol. The fourth-order valence-corrected chi connectivity index (χ4v) is 1.46. The van der Waals surface area contributed by atoms with Crippen molar-refractivity contribution in [1.82, 2.24) is 25.2 Å². The van der Waals surface area contributed by atoms with Crippen LogP contribution in [0, 0.1) is 0 Å². The van der Waals surface area contributed by atoms with E-state index >= 15 is 0 Å². The lowest BCUT2D eigenvalue weighted by Crippen LogP contribution is -2.29. The number of nitrogens with one attached hydrogen (secondary N) is 1. The molecule has 0 aliphatic heterocycles. The molecule has 6 heteroatoms. The van der Waals surface area contributed by atoms with Gasteiger partial charge in [0, 0.05) is 18.8 Å². The fourth-order valence-electron chi connectivity index (χ4n) is 1.46. The molecule has 2 N–H and O–H groups in total. The molecular formula is C11H23N5O. The Morgan fingerprint density at radius 3 is 2.94 bits per heavy atom. The highest BCUT2D eigenvalue weighted by atomic mass is 16.3. The molecule has 1 atom stereocenters. The van der Waals surface area contributed by atoms with E-state index in [2.05, 4.69) is 41.5 Å². The van der Waals surface area contributed by atoms with Crippen LogP contribution in [0.1, 0.15) is 19.0 Å². The van der Waals surface area contributed by atoms with Crippen molar-refractivity contribution in [2.75, 3.05) is 27.2 Å². The third-order valence-electron chi connectivity index (χ3n) is 2.56. The first kappa shape index (κ1) is 14.1. The lowest BCUT2D eigenvalue weighted by Gasteiger charge is -2.15. The number of nitrogens with zero attached hydrogens (tertiary/aromatic N) is 4. The molecule has 1 unspecified atom stereocenters. The average Bonchev–Trinajstić information content (AvgIpc) is 2.72. The second kappa shape index (κ2) is 7.37. The lowest BCUT2D eigenvalue weighted by atomic mass is 10.2. The van der Waals surface area contributed by atoms with Crippen LogP contribution in [-0.2, 0) is 13.1 Å². The molecule has 0 saturated carbocycles. The normalized spacial score (nSPS) is 13.2. The summed E-state index contributed by atoms with van der Waals surface area (Å²) >= 11 is 0. The lowest BCUT2D eigenvalue weighted by molar-refractivity contribution is 0.268. The van der Waals surface area contributed by atoms with Crippen molar-refractivity contribution in [1.29, 1.82) is 0 Å². The van der Waals surface area contributed by atoms with Gasteiger partial charge in [0.15, 0.2) is 0 Å². The van der Waals surface area contributed by atoms with Crippen molar-refractivity contribution in [2.45, 2.75) is 32.5 Å². The van der Waals surface area contributed by atoms with Gasteiger partial charge in [-0.15, -0.1) is 5.10 Å². The number of rotatable bonds is 8. The van der Waals surface area contributed by atoms with Crippen molar-refractivity contribution in [3.63, 3.8) is 0 Å². The quantitative estimate of drug-likeness (QED) is 0.654. The fraction of sp³-hybridized carbons (Fsp3) is 0.818. The monoisotopic (exact) mass is 241 g/mol. The standard InChI is InChI=1S/C11H23N5O/c1-10(4-5-15(2)3)12-8-11-9-16(6-7-17)14-13-11/h9-10,12,17H,4-8H2,1-3H3. The summed E-state index contributed by atoms with van der Waals surface area (Å²) in [7, 11) is 4.15. The predicted molar refractivity (Wildman–Crippen MR) is 66.6 cm³/mol. The van der Waals surface area contributed by atoms with Crippen LogP contribution in [0.25, 0.3) is 0 Å². The van der Waals surface area contributed by atoms with Crippen LogP contribution < -0.4 is 5.32 Å². The van der Waals surface area contributed by atoms with Gasteiger partial charge in [0.05, 0.1) is 18.8 Å². The number of hydrogen-bond acceptors (Lipinski definition) is 5. The maximum Gasteiger partial charge on any atom is 0.0964 e. The van der Waals surface area contributed by atoms with E-state index < -0.39 is 0 Å². The molecule has 0 spiro atoms. The van der Waals surface area contributed by atoms with Gasteiger partial charge in [-0.1, -0.05) is 5.21 Å².